The summed E-state index contributed by atoms with van der Waals surface area (Å²) < 4.78 is 0. The van der Waals surface area contributed by atoms with Gasteiger partial charge in [-0.15, -0.1) is 0 Å². The molecule has 118 valence electrons. The topological polar surface area (TPSA) is 49.4 Å². The van der Waals surface area contributed by atoms with Crippen molar-refractivity contribution < 1.29 is 9.59 Å². The van der Waals surface area contributed by atoms with E-state index in [4.69, 9.17) is 0 Å². The molecule has 2 amide bonds. The van der Waals surface area contributed by atoms with Crippen molar-refractivity contribution >= 4 is 11.8 Å². The maximum absolute atomic E-state index is 12.4. The van der Waals surface area contributed by atoms with Gasteiger partial charge in [0.25, 0.3) is 11.8 Å². The summed E-state index contributed by atoms with van der Waals surface area (Å²) in [6, 6.07) is 17.3. The second kappa shape index (κ2) is 6.34. The van der Waals surface area contributed by atoms with Crippen molar-refractivity contribution in [2.24, 2.45) is 0 Å². The van der Waals surface area contributed by atoms with Gasteiger partial charge in [-0.2, -0.15) is 0 Å². The van der Waals surface area contributed by atoms with Gasteiger partial charge in [-0.1, -0.05) is 42.5 Å². The largest absolute Gasteiger partial charge is 0.306 e. The normalized spacial score (nSPS) is 16.3. The molecule has 0 radical (unpaired) electrons. The predicted molar refractivity (Wildman–Crippen MR) is 89.3 cm³/mol. The molecule has 0 aromatic heterocycles. The lowest BCUT2D eigenvalue weighted by Crippen LogP contribution is -2.42. The molecule has 1 aliphatic heterocycles. The monoisotopic (exact) mass is 308 g/mol. The number of hydrogen-bond acceptors (Lipinski definition) is 3. The minimum atomic E-state index is -0.202. The first-order valence-corrected chi connectivity index (χ1v) is 7.84. The second-order valence-corrected chi connectivity index (χ2v) is 5.97. The Morgan fingerprint density at radius 1 is 0.870 bits per heavy atom. The van der Waals surface area contributed by atoms with Crippen molar-refractivity contribution in [1.29, 1.82) is 0 Å². The van der Waals surface area contributed by atoms with Crippen LogP contribution in [0.3, 0.4) is 0 Å². The molecular formula is C19H20N2O2. The Bertz CT molecular complexity index is 692. The van der Waals surface area contributed by atoms with Crippen LogP contribution in [0.15, 0.2) is 54.6 Å². The van der Waals surface area contributed by atoms with Crippen LogP contribution in [0, 0.1) is 0 Å². The minimum absolute atomic E-state index is 0.00687. The first-order chi connectivity index (χ1) is 11.1. The van der Waals surface area contributed by atoms with Gasteiger partial charge in [-0.3, -0.25) is 14.5 Å². The van der Waals surface area contributed by atoms with Gasteiger partial charge in [0.1, 0.15) is 0 Å². The fourth-order valence-corrected chi connectivity index (χ4v) is 3.00. The van der Waals surface area contributed by atoms with Gasteiger partial charge in [-0.25, -0.2) is 0 Å². The Labute approximate surface area is 136 Å². The number of nitrogens with one attached hydrogen (secondary N) is 1. The number of nitrogens with zero attached hydrogens (tertiary/aromatic N) is 1. The third kappa shape index (κ3) is 3.03. The van der Waals surface area contributed by atoms with Gasteiger partial charge in [0.15, 0.2) is 0 Å². The van der Waals surface area contributed by atoms with Crippen LogP contribution < -0.4 is 5.32 Å². The van der Waals surface area contributed by atoms with E-state index in [2.05, 4.69) is 24.4 Å². The average Bonchev–Trinajstić information content (AvgIpc) is 2.81. The van der Waals surface area contributed by atoms with Crippen LogP contribution >= 0.6 is 0 Å². The van der Waals surface area contributed by atoms with Crippen LogP contribution in [0.25, 0.3) is 0 Å². The van der Waals surface area contributed by atoms with E-state index in [1.165, 1.54) is 10.5 Å². The summed E-state index contributed by atoms with van der Waals surface area (Å²) in [7, 11) is 0. The Kier molecular flexibility index (Phi) is 4.26. The average molecular weight is 308 g/mol. The molecule has 0 fully saturated rings. The van der Waals surface area contributed by atoms with Crippen molar-refractivity contribution in [3.8, 4) is 0 Å². The van der Waals surface area contributed by atoms with Gasteiger partial charge in [0.2, 0.25) is 0 Å². The quantitative estimate of drug-likeness (QED) is 0.864. The number of benzene rings is 2. The van der Waals surface area contributed by atoms with E-state index in [0.29, 0.717) is 17.7 Å². The molecule has 0 saturated heterocycles. The van der Waals surface area contributed by atoms with E-state index >= 15 is 0 Å². The van der Waals surface area contributed by atoms with Gasteiger partial charge in [0, 0.05) is 18.6 Å². The molecule has 4 heteroatoms. The Morgan fingerprint density at radius 3 is 1.96 bits per heavy atom. The lowest BCUT2D eigenvalue weighted by molar-refractivity contribution is 0.0639. The summed E-state index contributed by atoms with van der Waals surface area (Å²) in [5, 5.41) is 3.44. The summed E-state index contributed by atoms with van der Waals surface area (Å²) in [6.07, 6.45) is 0. The first kappa shape index (κ1) is 15.4. The molecule has 4 nitrogen and oxygen atoms in total. The van der Waals surface area contributed by atoms with E-state index in [-0.39, 0.29) is 23.9 Å². The molecule has 3 rings (SSSR count). The third-order valence-corrected chi connectivity index (χ3v) is 4.17. The van der Waals surface area contributed by atoms with Crippen LogP contribution in [0.2, 0.25) is 0 Å². The van der Waals surface area contributed by atoms with Crippen molar-refractivity contribution in [1.82, 2.24) is 10.2 Å². The lowest BCUT2D eigenvalue weighted by Gasteiger charge is -2.24. The fraction of sp³-hybridized carbons (Fsp3) is 0.263. The predicted octanol–water partition coefficient (Wildman–Crippen LogP) is 3.02. The highest BCUT2D eigenvalue weighted by Gasteiger charge is 2.35. The molecule has 1 aliphatic rings. The van der Waals surface area contributed by atoms with Crippen LogP contribution in [0.4, 0.5) is 0 Å². The molecule has 2 atom stereocenters. The number of hydrogen-bond donors (Lipinski definition) is 1. The standard InChI is InChI=1S/C19H20N2O2/c1-13(20-14(2)15-8-4-3-5-9-15)12-21-18(22)16-10-6-7-11-17(16)19(21)23/h3-11,13-14,20H,12H2,1-2H3/t13?,14-/m1/s1. The number of rotatable bonds is 5. The molecule has 0 aliphatic carbocycles. The third-order valence-electron chi connectivity index (χ3n) is 4.17. The van der Waals surface area contributed by atoms with E-state index < -0.39 is 0 Å². The molecule has 23 heavy (non-hydrogen) atoms. The van der Waals surface area contributed by atoms with Gasteiger partial charge >= 0.3 is 0 Å². The Hall–Kier alpha value is -2.46. The summed E-state index contributed by atoms with van der Waals surface area (Å²) in [5.74, 6) is -0.404. The molecule has 2 aromatic carbocycles. The van der Waals surface area contributed by atoms with Crippen LogP contribution in [0.1, 0.15) is 46.2 Å². The molecule has 2 aromatic rings. The van der Waals surface area contributed by atoms with E-state index in [1.807, 2.05) is 25.1 Å². The van der Waals surface area contributed by atoms with Crippen molar-refractivity contribution in [3.05, 3.63) is 71.3 Å². The number of fused-ring (bicyclic) bond motifs is 1. The molecule has 1 unspecified atom stereocenters. The fourth-order valence-electron chi connectivity index (χ4n) is 3.00. The first-order valence-electron chi connectivity index (χ1n) is 7.84. The second-order valence-electron chi connectivity index (χ2n) is 5.97. The summed E-state index contributed by atoms with van der Waals surface area (Å²) in [4.78, 5) is 26.1. The smallest absolute Gasteiger partial charge is 0.261 e. The van der Waals surface area contributed by atoms with Gasteiger partial charge in [-0.05, 0) is 31.5 Å². The minimum Gasteiger partial charge on any atom is -0.306 e. The Balaban J connectivity index is 1.66. The van der Waals surface area contributed by atoms with Gasteiger partial charge in [0.05, 0.1) is 11.1 Å². The summed E-state index contributed by atoms with van der Waals surface area (Å²) in [6.45, 7) is 4.43. The van der Waals surface area contributed by atoms with Crippen LogP contribution in [-0.2, 0) is 0 Å². The Morgan fingerprint density at radius 2 is 1.39 bits per heavy atom. The molecule has 0 bridgehead atoms. The number of amides is 2. The van der Waals surface area contributed by atoms with Crippen molar-refractivity contribution in [3.63, 3.8) is 0 Å². The van der Waals surface area contributed by atoms with Crippen molar-refractivity contribution in [2.45, 2.75) is 25.9 Å². The summed E-state index contributed by atoms with van der Waals surface area (Å²) >= 11 is 0. The molecular weight excluding hydrogens is 288 g/mol. The van der Waals surface area contributed by atoms with Gasteiger partial charge < -0.3 is 5.32 Å². The SMILES string of the molecule is CC(CN1C(=O)c2ccccc2C1=O)N[C@H](C)c1ccccc1. The number of carbonyl (C=O) groups is 2. The highest BCUT2D eigenvalue weighted by molar-refractivity contribution is 6.21. The number of carbonyl (C=O) groups excluding carboxylic acids is 2. The molecule has 0 spiro atoms. The zero-order valence-electron chi connectivity index (χ0n) is 13.3. The van der Waals surface area contributed by atoms with Crippen molar-refractivity contribution in [2.75, 3.05) is 6.54 Å². The maximum atomic E-state index is 12.4. The summed E-state index contributed by atoms with van der Waals surface area (Å²) in [5.41, 5.74) is 2.18. The highest BCUT2D eigenvalue weighted by atomic mass is 16.2. The zero-order chi connectivity index (χ0) is 16.4. The van der Waals surface area contributed by atoms with Crippen LogP contribution in [0.5, 0.6) is 0 Å². The maximum Gasteiger partial charge on any atom is 0.261 e. The van der Waals surface area contributed by atoms with E-state index in [1.54, 1.807) is 24.3 Å². The van der Waals surface area contributed by atoms with Crippen LogP contribution in [-0.4, -0.2) is 29.3 Å². The molecule has 0 saturated carbocycles. The van der Waals surface area contributed by atoms with E-state index in [9.17, 15) is 9.59 Å². The number of imide groups is 1. The zero-order valence-corrected chi connectivity index (χ0v) is 13.3. The lowest BCUT2D eigenvalue weighted by atomic mass is 10.1. The molecule has 1 N–H and O–H groups in total. The highest BCUT2D eigenvalue weighted by Crippen LogP contribution is 2.22. The molecule has 1 heterocycles. The van der Waals surface area contributed by atoms with E-state index in [0.717, 1.165) is 0 Å².